The van der Waals surface area contributed by atoms with Gasteiger partial charge in [0.1, 0.15) is 6.61 Å². The first-order valence-electron chi connectivity index (χ1n) is 9.43. The summed E-state index contributed by atoms with van der Waals surface area (Å²) in [6.45, 7) is 6.83. The number of piperazine rings is 1. The minimum atomic E-state index is 0.0470. The predicted molar refractivity (Wildman–Crippen MR) is 97.8 cm³/mol. The summed E-state index contributed by atoms with van der Waals surface area (Å²) in [6.07, 6.45) is 8.14. The summed E-state index contributed by atoms with van der Waals surface area (Å²) < 4.78 is 5.44. The second kappa shape index (κ2) is 8.23. The van der Waals surface area contributed by atoms with Crippen LogP contribution in [0.25, 0.3) is 0 Å². The summed E-state index contributed by atoms with van der Waals surface area (Å²) in [6, 6.07) is 1.11. The Balaban J connectivity index is 1.44. The zero-order valence-electron chi connectivity index (χ0n) is 15.6. The van der Waals surface area contributed by atoms with Gasteiger partial charge in [0.2, 0.25) is 5.95 Å². The van der Waals surface area contributed by atoms with Crippen LogP contribution in [0.3, 0.4) is 0 Å². The summed E-state index contributed by atoms with van der Waals surface area (Å²) in [5.41, 5.74) is 1.13. The summed E-state index contributed by atoms with van der Waals surface area (Å²) in [5.74, 6) is 1.09. The Morgan fingerprint density at radius 2 is 1.88 bits per heavy atom. The number of aryl methyl sites for hydroxylation is 1. The molecule has 0 amide bonds. The Bertz CT molecular complexity index is 561. The van der Waals surface area contributed by atoms with Gasteiger partial charge >= 0.3 is 0 Å². The molecular weight excluding hydrogens is 316 g/mol. The van der Waals surface area contributed by atoms with Crippen molar-refractivity contribution in [3.05, 3.63) is 18.0 Å². The maximum absolute atomic E-state index is 11.5. The van der Waals surface area contributed by atoms with Gasteiger partial charge < -0.3 is 14.5 Å². The molecule has 2 atom stereocenters. The second-order valence-electron chi connectivity index (χ2n) is 7.68. The zero-order chi connectivity index (χ0) is 17.8. The minimum Gasteiger partial charge on any atom is -0.374 e. The zero-order valence-corrected chi connectivity index (χ0v) is 15.6. The highest BCUT2D eigenvalue weighted by atomic mass is 16.5. The highest BCUT2D eigenvalue weighted by molar-refractivity contribution is 5.81. The van der Waals surface area contributed by atoms with Crippen molar-refractivity contribution in [2.45, 2.75) is 51.6 Å². The van der Waals surface area contributed by atoms with Crippen LogP contribution < -0.4 is 4.90 Å². The van der Waals surface area contributed by atoms with E-state index in [0.717, 1.165) is 37.4 Å². The molecule has 0 N–H and O–H groups in total. The number of ether oxygens (including phenoxy) is 1. The lowest BCUT2D eigenvalue weighted by Gasteiger charge is -2.39. The molecule has 0 saturated carbocycles. The molecule has 6 heteroatoms. The van der Waals surface area contributed by atoms with Crippen LogP contribution in [0.5, 0.6) is 0 Å². The predicted octanol–water partition coefficient (Wildman–Crippen LogP) is 1.93. The second-order valence-corrected chi connectivity index (χ2v) is 7.68. The number of carbonyl (C=O) groups excluding carboxylic acids is 1. The standard InChI is InChI=1S/C19H30N4O2/c1-14(2)18(24)13-25-8-4-5-15-9-20-19(21-10-15)23-16-6-7-17(23)12-22(3)11-16/h9-10,14,16-17H,4-8,11-13H2,1-3H3. The Morgan fingerprint density at radius 1 is 1.24 bits per heavy atom. The van der Waals surface area contributed by atoms with Crippen molar-refractivity contribution in [3.63, 3.8) is 0 Å². The summed E-state index contributed by atoms with van der Waals surface area (Å²) >= 11 is 0. The van der Waals surface area contributed by atoms with E-state index in [1.165, 1.54) is 12.8 Å². The van der Waals surface area contributed by atoms with Crippen molar-refractivity contribution in [1.82, 2.24) is 14.9 Å². The molecule has 25 heavy (non-hydrogen) atoms. The van der Waals surface area contributed by atoms with Gasteiger partial charge in [-0.1, -0.05) is 13.8 Å². The van der Waals surface area contributed by atoms with Crippen LogP contribution in [-0.2, 0) is 16.0 Å². The van der Waals surface area contributed by atoms with Crippen molar-refractivity contribution in [2.75, 3.05) is 38.3 Å². The van der Waals surface area contributed by atoms with Crippen LogP contribution in [0.1, 0.15) is 38.7 Å². The fraction of sp³-hybridized carbons (Fsp3) is 0.737. The number of aromatic nitrogens is 2. The highest BCUT2D eigenvalue weighted by Gasteiger charge is 2.39. The fourth-order valence-electron chi connectivity index (χ4n) is 3.77. The molecule has 3 heterocycles. The molecule has 2 aliphatic heterocycles. The molecule has 2 aliphatic rings. The number of likely N-dealkylation sites (N-methyl/N-ethyl adjacent to an activating group) is 1. The topological polar surface area (TPSA) is 58.6 Å². The van der Waals surface area contributed by atoms with E-state index in [-0.39, 0.29) is 18.3 Å². The van der Waals surface area contributed by atoms with Gasteiger partial charge in [-0.15, -0.1) is 0 Å². The maximum atomic E-state index is 11.5. The lowest BCUT2D eigenvalue weighted by molar-refractivity contribution is -0.126. The number of hydrogen-bond donors (Lipinski definition) is 0. The molecule has 3 rings (SSSR count). The van der Waals surface area contributed by atoms with Crippen LogP contribution >= 0.6 is 0 Å². The Morgan fingerprint density at radius 3 is 2.48 bits per heavy atom. The largest absolute Gasteiger partial charge is 0.374 e. The van der Waals surface area contributed by atoms with Gasteiger partial charge in [0.15, 0.2) is 5.78 Å². The number of carbonyl (C=O) groups is 1. The number of fused-ring (bicyclic) bond motifs is 2. The number of ketones is 1. The Hall–Kier alpha value is -1.53. The Kier molecular flexibility index (Phi) is 6.02. The molecule has 0 spiro atoms. The first-order valence-corrected chi connectivity index (χ1v) is 9.43. The van der Waals surface area contributed by atoms with Gasteiger partial charge in [-0.25, -0.2) is 9.97 Å². The molecule has 6 nitrogen and oxygen atoms in total. The van der Waals surface area contributed by atoms with Gasteiger partial charge in [-0.2, -0.15) is 0 Å². The van der Waals surface area contributed by atoms with E-state index in [2.05, 4.69) is 26.8 Å². The number of rotatable bonds is 8. The molecule has 2 unspecified atom stereocenters. The van der Waals surface area contributed by atoms with Crippen LogP contribution in [-0.4, -0.2) is 66.1 Å². The number of nitrogens with zero attached hydrogens (tertiary/aromatic N) is 4. The third-order valence-electron chi connectivity index (χ3n) is 5.23. The van der Waals surface area contributed by atoms with Crippen molar-refractivity contribution >= 4 is 11.7 Å². The van der Waals surface area contributed by atoms with Gasteiger partial charge in [0.05, 0.1) is 0 Å². The van der Waals surface area contributed by atoms with E-state index in [1.54, 1.807) is 0 Å². The molecule has 0 radical (unpaired) electrons. The molecule has 2 fully saturated rings. The average Bonchev–Trinajstić information content (AvgIpc) is 2.86. The average molecular weight is 346 g/mol. The van der Waals surface area contributed by atoms with E-state index < -0.39 is 0 Å². The van der Waals surface area contributed by atoms with E-state index in [0.29, 0.717) is 18.7 Å². The molecule has 138 valence electrons. The monoisotopic (exact) mass is 346 g/mol. The fourth-order valence-corrected chi connectivity index (χ4v) is 3.77. The summed E-state index contributed by atoms with van der Waals surface area (Å²) in [4.78, 5) is 25.6. The first-order chi connectivity index (χ1) is 12.0. The highest BCUT2D eigenvalue weighted by Crippen LogP contribution is 2.32. The van der Waals surface area contributed by atoms with Crippen LogP contribution in [0, 0.1) is 5.92 Å². The van der Waals surface area contributed by atoms with E-state index >= 15 is 0 Å². The number of hydrogen-bond acceptors (Lipinski definition) is 6. The lowest BCUT2D eigenvalue weighted by Crippen LogP contribution is -2.53. The van der Waals surface area contributed by atoms with Crippen LogP contribution in [0.15, 0.2) is 12.4 Å². The molecule has 0 aliphatic carbocycles. The summed E-state index contributed by atoms with van der Waals surface area (Å²) in [5, 5.41) is 0. The van der Waals surface area contributed by atoms with Crippen molar-refractivity contribution < 1.29 is 9.53 Å². The van der Waals surface area contributed by atoms with Crippen molar-refractivity contribution in [2.24, 2.45) is 5.92 Å². The van der Waals surface area contributed by atoms with Gasteiger partial charge in [-0.05, 0) is 38.3 Å². The molecule has 2 bridgehead atoms. The van der Waals surface area contributed by atoms with E-state index in [1.807, 2.05) is 26.2 Å². The van der Waals surface area contributed by atoms with Gasteiger partial charge in [0, 0.05) is 50.1 Å². The van der Waals surface area contributed by atoms with Crippen LogP contribution in [0.4, 0.5) is 5.95 Å². The van der Waals surface area contributed by atoms with Crippen LogP contribution in [0.2, 0.25) is 0 Å². The maximum Gasteiger partial charge on any atom is 0.225 e. The normalized spacial score (nSPS) is 23.4. The third kappa shape index (κ3) is 4.55. The third-order valence-corrected chi connectivity index (χ3v) is 5.23. The molecule has 1 aromatic heterocycles. The van der Waals surface area contributed by atoms with Crippen molar-refractivity contribution in [3.8, 4) is 0 Å². The smallest absolute Gasteiger partial charge is 0.225 e. The number of Topliss-reactive ketones (excluding diaryl/α,β-unsaturated/α-hetero) is 1. The van der Waals surface area contributed by atoms with E-state index in [9.17, 15) is 4.79 Å². The SMILES string of the molecule is CC(C)C(=O)COCCCc1cnc(N2C3CCC2CN(C)C3)nc1. The lowest BCUT2D eigenvalue weighted by atomic mass is 10.1. The quantitative estimate of drug-likeness (QED) is 0.671. The summed E-state index contributed by atoms with van der Waals surface area (Å²) in [7, 11) is 2.20. The first kappa shape index (κ1) is 18.3. The van der Waals surface area contributed by atoms with Crippen molar-refractivity contribution in [1.29, 1.82) is 0 Å². The molecular formula is C19H30N4O2. The molecule has 2 saturated heterocycles. The molecule has 1 aromatic rings. The number of anilines is 1. The number of likely N-dealkylation sites (tertiary alicyclic amines) is 1. The van der Waals surface area contributed by atoms with Gasteiger partial charge in [0.25, 0.3) is 0 Å². The molecule has 0 aromatic carbocycles. The van der Waals surface area contributed by atoms with E-state index in [4.69, 9.17) is 4.74 Å². The Labute approximate surface area is 150 Å². The minimum absolute atomic E-state index is 0.0470. The van der Waals surface area contributed by atoms with Gasteiger partial charge in [-0.3, -0.25) is 4.79 Å².